The fraction of sp³-hybridized carbons (Fsp3) is 0.650. The summed E-state index contributed by atoms with van der Waals surface area (Å²) in [4.78, 5) is 43.4. The molecule has 3 rings (SSSR count). The van der Waals surface area contributed by atoms with Crippen molar-refractivity contribution in [3.05, 3.63) is 33.7 Å². The Balaban J connectivity index is 1.75. The molecule has 7 heteroatoms. The number of aliphatic carboxylic acids is 1. The Morgan fingerprint density at radius 3 is 2.63 bits per heavy atom. The number of carbonyl (C=O) groups is 2. The Bertz CT molecular complexity index is 775. The first-order valence-corrected chi connectivity index (χ1v) is 9.88. The minimum Gasteiger partial charge on any atom is -0.481 e. The van der Waals surface area contributed by atoms with Gasteiger partial charge in [-0.2, -0.15) is 0 Å². The smallest absolute Gasteiger partial charge is 0.313 e. The molecule has 7 nitrogen and oxygen atoms in total. The molecule has 2 saturated heterocycles. The van der Waals surface area contributed by atoms with E-state index < -0.39 is 11.4 Å². The number of aromatic nitrogens is 1. The van der Waals surface area contributed by atoms with Crippen molar-refractivity contribution in [3.63, 3.8) is 0 Å². The van der Waals surface area contributed by atoms with E-state index >= 15 is 0 Å². The highest BCUT2D eigenvalue weighted by molar-refractivity contribution is 5.95. The summed E-state index contributed by atoms with van der Waals surface area (Å²) in [5.41, 5.74) is -0.139. The Hall–Kier alpha value is -2.15. The predicted molar refractivity (Wildman–Crippen MR) is 102 cm³/mol. The molecule has 0 aliphatic carbocycles. The van der Waals surface area contributed by atoms with E-state index in [2.05, 4.69) is 16.8 Å². The van der Waals surface area contributed by atoms with Crippen LogP contribution in [0.15, 0.2) is 16.9 Å². The monoisotopic (exact) mass is 375 g/mol. The van der Waals surface area contributed by atoms with Gasteiger partial charge in [0, 0.05) is 49.4 Å². The quantitative estimate of drug-likeness (QED) is 0.706. The maximum absolute atomic E-state index is 12.9. The van der Waals surface area contributed by atoms with Crippen molar-refractivity contribution in [2.24, 2.45) is 11.3 Å². The molecule has 2 atom stereocenters. The fourth-order valence-electron chi connectivity index (χ4n) is 4.48. The Labute approximate surface area is 159 Å². The van der Waals surface area contributed by atoms with Crippen LogP contribution in [-0.2, 0) is 11.2 Å². The van der Waals surface area contributed by atoms with E-state index in [1.54, 1.807) is 11.0 Å². The normalized spacial score (nSPS) is 25.0. The molecule has 1 aromatic heterocycles. The summed E-state index contributed by atoms with van der Waals surface area (Å²) >= 11 is 0. The molecule has 0 saturated carbocycles. The average molecular weight is 375 g/mol. The number of aromatic amines is 1. The number of carbonyl (C=O) groups excluding carboxylic acids is 1. The van der Waals surface area contributed by atoms with Crippen molar-refractivity contribution in [1.82, 2.24) is 14.8 Å². The number of hydrogen-bond donors (Lipinski definition) is 2. The number of hydrogen-bond acceptors (Lipinski definition) is 4. The third kappa shape index (κ3) is 3.78. The molecule has 0 aromatic carbocycles. The molecule has 0 unspecified atom stereocenters. The highest BCUT2D eigenvalue weighted by Crippen LogP contribution is 2.43. The fourth-order valence-corrected chi connectivity index (χ4v) is 4.48. The predicted octanol–water partition coefficient (Wildman–Crippen LogP) is 1.59. The van der Waals surface area contributed by atoms with E-state index in [1.165, 1.54) is 6.07 Å². The molecule has 0 spiro atoms. The number of pyridine rings is 1. The average Bonchev–Trinajstić information content (AvgIpc) is 3.16. The van der Waals surface area contributed by atoms with Gasteiger partial charge in [-0.15, -0.1) is 0 Å². The maximum atomic E-state index is 12.9. The van der Waals surface area contributed by atoms with Crippen LogP contribution in [0.1, 0.15) is 49.2 Å². The number of nitrogens with zero attached hydrogens (tertiary/aromatic N) is 2. The van der Waals surface area contributed by atoms with Crippen LogP contribution in [-0.4, -0.2) is 64.5 Å². The number of fused-ring (bicyclic) bond motifs is 1. The van der Waals surface area contributed by atoms with Gasteiger partial charge in [0.15, 0.2) is 0 Å². The largest absolute Gasteiger partial charge is 0.481 e. The topological polar surface area (TPSA) is 93.7 Å². The summed E-state index contributed by atoms with van der Waals surface area (Å²) in [6, 6.07) is 3.00. The van der Waals surface area contributed by atoms with Crippen LogP contribution in [0.5, 0.6) is 0 Å². The number of unbranched alkanes of at least 4 members (excludes halogenated alkanes) is 2. The molecular formula is C20H29N3O4. The van der Waals surface area contributed by atoms with Gasteiger partial charge in [-0.3, -0.25) is 14.4 Å². The van der Waals surface area contributed by atoms with E-state index in [-0.39, 0.29) is 23.9 Å². The van der Waals surface area contributed by atoms with Crippen molar-refractivity contribution in [3.8, 4) is 0 Å². The lowest BCUT2D eigenvalue weighted by atomic mass is 9.81. The molecule has 3 heterocycles. The van der Waals surface area contributed by atoms with Crippen molar-refractivity contribution in [2.45, 2.75) is 39.5 Å². The van der Waals surface area contributed by atoms with Crippen LogP contribution in [0.25, 0.3) is 0 Å². The Morgan fingerprint density at radius 1 is 1.22 bits per heavy atom. The molecule has 1 aromatic rings. The summed E-state index contributed by atoms with van der Waals surface area (Å²) < 4.78 is 0. The van der Waals surface area contributed by atoms with Gasteiger partial charge < -0.3 is 19.9 Å². The second kappa shape index (κ2) is 7.84. The lowest BCUT2D eigenvalue weighted by Crippen LogP contribution is -2.42. The first kappa shape index (κ1) is 19.6. The van der Waals surface area contributed by atoms with Crippen LogP contribution >= 0.6 is 0 Å². The van der Waals surface area contributed by atoms with Gasteiger partial charge in [0.1, 0.15) is 5.41 Å². The molecule has 148 valence electrons. The Kier molecular flexibility index (Phi) is 5.69. The van der Waals surface area contributed by atoms with Gasteiger partial charge in [0.25, 0.3) is 5.91 Å². The van der Waals surface area contributed by atoms with E-state index in [9.17, 15) is 19.5 Å². The first-order valence-electron chi connectivity index (χ1n) is 9.88. The van der Waals surface area contributed by atoms with Gasteiger partial charge in [-0.1, -0.05) is 26.7 Å². The maximum Gasteiger partial charge on any atom is 0.313 e. The third-order valence-corrected chi connectivity index (χ3v) is 6.00. The van der Waals surface area contributed by atoms with Gasteiger partial charge in [0.2, 0.25) is 5.56 Å². The number of likely N-dealkylation sites (tertiary alicyclic amines) is 2. The lowest BCUT2D eigenvalue weighted by Gasteiger charge is -2.25. The first-order chi connectivity index (χ1) is 12.9. The molecule has 2 aliphatic heterocycles. The molecule has 2 aliphatic rings. The molecule has 0 bridgehead atoms. The van der Waals surface area contributed by atoms with E-state index in [0.29, 0.717) is 30.8 Å². The molecule has 27 heavy (non-hydrogen) atoms. The highest BCUT2D eigenvalue weighted by Gasteiger charge is 2.58. The number of H-pyrrole nitrogens is 1. The van der Waals surface area contributed by atoms with Crippen LogP contribution in [0.2, 0.25) is 0 Å². The summed E-state index contributed by atoms with van der Waals surface area (Å²) in [7, 11) is 0. The zero-order valence-corrected chi connectivity index (χ0v) is 16.2. The van der Waals surface area contributed by atoms with Gasteiger partial charge in [-0.25, -0.2) is 0 Å². The van der Waals surface area contributed by atoms with Crippen LogP contribution < -0.4 is 5.56 Å². The second-order valence-electron chi connectivity index (χ2n) is 7.90. The number of carboxylic acid groups (broad SMARTS) is 1. The molecule has 1 amide bonds. The number of nitrogens with one attached hydrogen (secondary N) is 1. The molecular weight excluding hydrogens is 346 g/mol. The summed E-state index contributed by atoms with van der Waals surface area (Å²) in [6.07, 6.45) is 3.99. The summed E-state index contributed by atoms with van der Waals surface area (Å²) in [5.74, 6) is -1.13. The van der Waals surface area contributed by atoms with E-state index in [1.807, 2.05) is 6.92 Å². The van der Waals surface area contributed by atoms with Crippen LogP contribution in [0.4, 0.5) is 0 Å². The number of carboxylic acids is 1. The van der Waals surface area contributed by atoms with Crippen LogP contribution in [0.3, 0.4) is 0 Å². The standard InChI is InChI=1S/C20H29N3O4/c1-3-5-6-7-22-10-15-11-23(13-20(15,12-22)19(26)27)18(25)14-8-16(4-2)21-17(24)9-14/h8-9,15H,3-7,10-13H2,1-2H3,(H,21,24)(H,26,27)/t15-,20-/m0/s1. The number of amides is 1. The van der Waals surface area contributed by atoms with Crippen LogP contribution in [0, 0.1) is 11.3 Å². The second-order valence-corrected chi connectivity index (χ2v) is 7.90. The zero-order valence-electron chi connectivity index (χ0n) is 16.2. The number of rotatable bonds is 7. The lowest BCUT2D eigenvalue weighted by molar-refractivity contribution is -0.148. The Morgan fingerprint density at radius 2 is 2.00 bits per heavy atom. The van der Waals surface area contributed by atoms with Gasteiger partial charge in [-0.05, 0) is 25.5 Å². The van der Waals surface area contributed by atoms with Gasteiger partial charge >= 0.3 is 5.97 Å². The van der Waals surface area contributed by atoms with Crippen molar-refractivity contribution in [1.29, 1.82) is 0 Å². The highest BCUT2D eigenvalue weighted by atomic mass is 16.4. The minimum absolute atomic E-state index is 0.0618. The molecule has 0 radical (unpaired) electrons. The zero-order chi connectivity index (χ0) is 19.6. The summed E-state index contributed by atoms with van der Waals surface area (Å²) in [6.45, 7) is 6.84. The van der Waals surface area contributed by atoms with E-state index in [0.717, 1.165) is 32.4 Å². The molecule has 2 fully saturated rings. The van der Waals surface area contributed by atoms with Crippen molar-refractivity contribution < 1.29 is 14.7 Å². The van der Waals surface area contributed by atoms with Gasteiger partial charge in [0.05, 0.1) is 0 Å². The minimum atomic E-state index is -0.892. The third-order valence-electron chi connectivity index (χ3n) is 6.00. The molecule has 2 N–H and O–H groups in total. The van der Waals surface area contributed by atoms with Crippen molar-refractivity contribution >= 4 is 11.9 Å². The SMILES string of the molecule is CCCCCN1C[C@H]2CN(C(=O)c3cc(CC)[nH]c(=O)c3)C[C@@]2(C(=O)O)C1. The summed E-state index contributed by atoms with van der Waals surface area (Å²) in [5, 5.41) is 9.94. The number of aryl methyl sites for hydroxylation is 1. The van der Waals surface area contributed by atoms with E-state index in [4.69, 9.17) is 0 Å². The van der Waals surface area contributed by atoms with Crippen molar-refractivity contribution in [2.75, 3.05) is 32.7 Å².